The Labute approximate surface area is 107 Å². The van der Waals surface area contributed by atoms with Crippen molar-refractivity contribution in [1.29, 1.82) is 0 Å². The lowest BCUT2D eigenvalue weighted by Gasteiger charge is -2.10. The number of amides is 1. The molecule has 0 aliphatic carbocycles. The highest BCUT2D eigenvalue weighted by atomic mass is 32.2. The standard InChI is InChI=1S/C11H18N2O2S2/c1-13(2)17(3,15)12-11(14)8-4-6-10-7-5-9-16-10/h5,7,9H,4,6,8H2,1-3H3. The van der Waals surface area contributed by atoms with Crippen LogP contribution in [0, 0.1) is 0 Å². The Kier molecular flexibility index (Phi) is 5.30. The Morgan fingerprint density at radius 2 is 2.24 bits per heavy atom. The highest BCUT2D eigenvalue weighted by Crippen LogP contribution is 2.12. The maximum Gasteiger partial charge on any atom is 0.254 e. The lowest BCUT2D eigenvalue weighted by atomic mass is 10.2. The topological polar surface area (TPSA) is 49.7 Å². The summed E-state index contributed by atoms with van der Waals surface area (Å²) in [5.41, 5.74) is 0. The van der Waals surface area contributed by atoms with E-state index in [0.29, 0.717) is 6.42 Å². The SMILES string of the molecule is CN(C)S(C)(=O)=NC(=O)CCCc1cccs1. The van der Waals surface area contributed by atoms with Gasteiger partial charge in [-0.1, -0.05) is 6.07 Å². The molecule has 1 atom stereocenters. The highest BCUT2D eigenvalue weighted by Gasteiger charge is 2.08. The van der Waals surface area contributed by atoms with Gasteiger partial charge in [-0.25, -0.2) is 8.51 Å². The van der Waals surface area contributed by atoms with Crippen LogP contribution >= 0.6 is 11.3 Å². The van der Waals surface area contributed by atoms with Crippen molar-refractivity contribution in [1.82, 2.24) is 4.31 Å². The lowest BCUT2D eigenvalue weighted by Crippen LogP contribution is -2.21. The molecule has 1 aromatic rings. The summed E-state index contributed by atoms with van der Waals surface area (Å²) in [5.74, 6) is -0.275. The Morgan fingerprint density at radius 1 is 1.53 bits per heavy atom. The van der Waals surface area contributed by atoms with Gasteiger partial charge in [0.15, 0.2) is 0 Å². The summed E-state index contributed by atoms with van der Waals surface area (Å²) >= 11 is 1.69. The van der Waals surface area contributed by atoms with Crippen LogP contribution in [0.2, 0.25) is 0 Å². The van der Waals surface area contributed by atoms with Gasteiger partial charge in [0.25, 0.3) is 5.91 Å². The van der Waals surface area contributed by atoms with E-state index >= 15 is 0 Å². The second-order valence-electron chi connectivity index (χ2n) is 3.99. The first-order valence-electron chi connectivity index (χ1n) is 5.36. The van der Waals surface area contributed by atoms with Gasteiger partial charge in [-0.15, -0.1) is 15.7 Å². The second kappa shape index (κ2) is 6.28. The summed E-state index contributed by atoms with van der Waals surface area (Å²) in [7, 11) is 0.795. The molecule has 0 saturated heterocycles. The molecule has 0 radical (unpaired) electrons. The van der Waals surface area contributed by atoms with Gasteiger partial charge in [0, 0.05) is 31.6 Å². The first-order chi connectivity index (χ1) is 7.92. The Balaban J connectivity index is 2.43. The van der Waals surface area contributed by atoms with Crippen molar-refractivity contribution < 1.29 is 9.00 Å². The van der Waals surface area contributed by atoms with E-state index in [9.17, 15) is 9.00 Å². The minimum atomic E-state index is -2.52. The zero-order valence-electron chi connectivity index (χ0n) is 10.4. The molecule has 1 unspecified atom stereocenters. The maximum atomic E-state index is 11.8. The van der Waals surface area contributed by atoms with Crippen LogP contribution < -0.4 is 0 Å². The molecule has 1 aromatic heterocycles. The predicted octanol–water partition coefficient (Wildman–Crippen LogP) is 2.17. The third-order valence-electron chi connectivity index (χ3n) is 2.34. The molecule has 0 fully saturated rings. The smallest absolute Gasteiger partial charge is 0.254 e. The molecular weight excluding hydrogens is 256 g/mol. The van der Waals surface area contributed by atoms with Crippen molar-refractivity contribution in [2.75, 3.05) is 20.4 Å². The third-order valence-corrected chi connectivity index (χ3v) is 5.18. The Bertz CT molecular complexity index is 472. The van der Waals surface area contributed by atoms with Crippen LogP contribution in [-0.4, -0.2) is 34.8 Å². The van der Waals surface area contributed by atoms with E-state index in [1.165, 1.54) is 15.4 Å². The number of carbonyl (C=O) groups excluding carboxylic acids is 1. The second-order valence-corrected chi connectivity index (χ2v) is 7.46. The molecule has 6 heteroatoms. The number of nitrogens with zero attached hydrogens (tertiary/aromatic N) is 2. The van der Waals surface area contributed by atoms with Crippen LogP contribution in [-0.2, 0) is 21.1 Å². The van der Waals surface area contributed by atoms with Crippen LogP contribution in [0.1, 0.15) is 17.7 Å². The van der Waals surface area contributed by atoms with Crippen molar-refractivity contribution in [2.45, 2.75) is 19.3 Å². The van der Waals surface area contributed by atoms with Gasteiger partial charge in [0.1, 0.15) is 9.92 Å². The molecule has 0 aliphatic heterocycles. The highest BCUT2D eigenvalue weighted by molar-refractivity contribution is 7.90. The number of rotatable bonds is 5. The molecule has 4 nitrogen and oxygen atoms in total. The first-order valence-corrected chi connectivity index (χ1v) is 8.12. The van der Waals surface area contributed by atoms with Crippen LogP contribution in [0.15, 0.2) is 21.9 Å². The minimum absolute atomic E-state index is 0.275. The van der Waals surface area contributed by atoms with Crippen molar-refractivity contribution in [2.24, 2.45) is 4.36 Å². The first kappa shape index (κ1) is 14.3. The Hall–Kier alpha value is -0.720. The van der Waals surface area contributed by atoms with E-state index in [0.717, 1.165) is 12.8 Å². The summed E-state index contributed by atoms with van der Waals surface area (Å²) in [6.45, 7) is 0. The normalized spacial score (nSPS) is 14.6. The molecule has 0 aromatic carbocycles. The van der Waals surface area contributed by atoms with E-state index in [1.54, 1.807) is 25.4 Å². The van der Waals surface area contributed by atoms with Crippen LogP contribution in [0.4, 0.5) is 0 Å². The predicted molar refractivity (Wildman–Crippen MR) is 72.4 cm³/mol. The van der Waals surface area contributed by atoms with Gasteiger partial charge < -0.3 is 0 Å². The average Bonchev–Trinajstić information content (AvgIpc) is 2.69. The van der Waals surface area contributed by atoms with Crippen molar-refractivity contribution >= 4 is 27.2 Å². The fraction of sp³-hybridized carbons (Fsp3) is 0.545. The summed E-state index contributed by atoms with van der Waals surface area (Å²) < 4.78 is 17.1. The zero-order valence-corrected chi connectivity index (χ0v) is 12.0. The molecule has 0 bridgehead atoms. The van der Waals surface area contributed by atoms with E-state index in [4.69, 9.17) is 0 Å². The summed E-state index contributed by atoms with van der Waals surface area (Å²) in [6.07, 6.45) is 3.47. The summed E-state index contributed by atoms with van der Waals surface area (Å²) in [6, 6.07) is 4.05. The lowest BCUT2D eigenvalue weighted by molar-refractivity contribution is -0.117. The molecule has 1 heterocycles. The number of aryl methyl sites for hydroxylation is 1. The molecule has 1 rings (SSSR count). The average molecular weight is 274 g/mol. The summed E-state index contributed by atoms with van der Waals surface area (Å²) in [4.78, 5) is 12.8. The molecule has 96 valence electrons. The van der Waals surface area contributed by atoms with E-state index in [-0.39, 0.29) is 5.91 Å². The van der Waals surface area contributed by atoms with Crippen LogP contribution in [0.25, 0.3) is 0 Å². The minimum Gasteiger partial charge on any atom is -0.272 e. The van der Waals surface area contributed by atoms with Crippen LogP contribution in [0.3, 0.4) is 0 Å². The van der Waals surface area contributed by atoms with Gasteiger partial charge >= 0.3 is 0 Å². The molecule has 0 N–H and O–H groups in total. The Morgan fingerprint density at radius 3 is 2.76 bits per heavy atom. The quantitative estimate of drug-likeness (QED) is 0.826. The zero-order chi connectivity index (χ0) is 12.9. The van der Waals surface area contributed by atoms with Crippen molar-refractivity contribution in [3.8, 4) is 0 Å². The maximum absolute atomic E-state index is 11.8. The summed E-state index contributed by atoms with van der Waals surface area (Å²) in [5, 5.41) is 2.02. The molecule has 0 aliphatic rings. The fourth-order valence-corrected chi connectivity index (χ4v) is 2.57. The van der Waals surface area contributed by atoms with Crippen molar-refractivity contribution in [3.05, 3.63) is 22.4 Å². The van der Waals surface area contributed by atoms with Gasteiger partial charge in [-0.2, -0.15) is 0 Å². The van der Waals surface area contributed by atoms with Gasteiger partial charge in [0.2, 0.25) is 0 Å². The molecule has 1 amide bonds. The number of thiophene rings is 1. The number of hydrogen-bond acceptors (Lipinski definition) is 3. The van der Waals surface area contributed by atoms with Gasteiger partial charge in [-0.05, 0) is 24.3 Å². The number of hydrogen-bond donors (Lipinski definition) is 0. The molecular formula is C11H18N2O2S2. The monoisotopic (exact) mass is 274 g/mol. The van der Waals surface area contributed by atoms with E-state index in [2.05, 4.69) is 10.4 Å². The van der Waals surface area contributed by atoms with Crippen molar-refractivity contribution in [3.63, 3.8) is 0 Å². The van der Waals surface area contributed by atoms with Gasteiger partial charge in [-0.3, -0.25) is 4.79 Å². The molecule has 17 heavy (non-hydrogen) atoms. The number of carbonyl (C=O) groups is 1. The van der Waals surface area contributed by atoms with E-state index in [1.807, 2.05) is 11.4 Å². The van der Waals surface area contributed by atoms with E-state index < -0.39 is 9.92 Å². The van der Waals surface area contributed by atoms with Gasteiger partial charge in [0.05, 0.1) is 0 Å². The fourth-order valence-electron chi connectivity index (χ4n) is 1.18. The van der Waals surface area contributed by atoms with Crippen LogP contribution in [0.5, 0.6) is 0 Å². The largest absolute Gasteiger partial charge is 0.272 e. The third kappa shape index (κ3) is 4.97. The molecule has 0 saturated carbocycles. The molecule has 0 spiro atoms.